The van der Waals surface area contributed by atoms with Crippen molar-refractivity contribution >= 4 is 11.9 Å². The molecule has 0 aromatic rings. The fourth-order valence-corrected chi connectivity index (χ4v) is 4.69. The first kappa shape index (κ1) is 36.4. The molecule has 0 aromatic carbocycles. The van der Waals surface area contributed by atoms with Crippen LogP contribution >= 0.6 is 0 Å². The summed E-state index contributed by atoms with van der Waals surface area (Å²) < 4.78 is 10.7. The lowest BCUT2D eigenvalue weighted by Crippen LogP contribution is -2.11. The fraction of sp³-hybridized carbons (Fsp3) is 0.824. The van der Waals surface area contributed by atoms with Crippen LogP contribution in [0.4, 0.5) is 0 Å². The molecule has 0 aliphatic rings. The highest BCUT2D eigenvalue weighted by molar-refractivity contribution is 5.82. The van der Waals surface area contributed by atoms with Gasteiger partial charge in [-0.05, 0) is 83.0 Å². The van der Waals surface area contributed by atoms with E-state index in [0.717, 1.165) is 49.0 Å². The summed E-state index contributed by atoms with van der Waals surface area (Å²) in [6.07, 6.45) is 19.1. The lowest BCUT2D eigenvalue weighted by molar-refractivity contribution is -0.145. The van der Waals surface area contributed by atoms with Crippen LogP contribution in [0.5, 0.6) is 0 Å². The molecule has 0 bridgehead atoms. The number of rotatable bonds is 23. The second-order valence-electron chi connectivity index (χ2n) is 12.6. The molecule has 0 saturated carbocycles. The molecule has 3 unspecified atom stereocenters. The van der Waals surface area contributed by atoms with E-state index in [1.54, 1.807) is 6.08 Å². The first-order valence-corrected chi connectivity index (χ1v) is 15.6. The van der Waals surface area contributed by atoms with Gasteiger partial charge in [-0.1, -0.05) is 96.8 Å². The summed E-state index contributed by atoms with van der Waals surface area (Å²) in [7, 11) is 0. The van der Waals surface area contributed by atoms with E-state index in [0.29, 0.717) is 38.4 Å². The molecule has 38 heavy (non-hydrogen) atoms. The number of hydrogen-bond donors (Lipinski definition) is 0. The number of carbonyl (C=O) groups excluding carboxylic acids is 2. The monoisotopic (exact) mass is 534 g/mol. The predicted octanol–water partition coefficient (Wildman–Crippen LogP) is 10.0. The van der Waals surface area contributed by atoms with E-state index >= 15 is 0 Å². The minimum atomic E-state index is -0.260. The van der Waals surface area contributed by atoms with E-state index in [-0.39, 0.29) is 11.9 Å². The van der Waals surface area contributed by atoms with Gasteiger partial charge in [-0.2, -0.15) is 0 Å². The molecule has 0 heterocycles. The van der Waals surface area contributed by atoms with Crippen LogP contribution in [0.1, 0.15) is 145 Å². The molecule has 4 nitrogen and oxygen atoms in total. The first-order valence-electron chi connectivity index (χ1n) is 15.6. The molecule has 0 fully saturated rings. The second kappa shape index (κ2) is 23.3. The Morgan fingerprint density at radius 3 is 1.79 bits per heavy atom. The number of ether oxygens (including phenoxy) is 2. The van der Waals surface area contributed by atoms with Crippen molar-refractivity contribution in [1.29, 1.82) is 0 Å². The quantitative estimate of drug-likeness (QED) is 0.0566. The van der Waals surface area contributed by atoms with Gasteiger partial charge in [0.2, 0.25) is 0 Å². The van der Waals surface area contributed by atoms with E-state index < -0.39 is 0 Å². The Bertz CT molecular complexity index is 672. The third kappa shape index (κ3) is 24.7. The van der Waals surface area contributed by atoms with Gasteiger partial charge >= 0.3 is 11.9 Å². The van der Waals surface area contributed by atoms with Gasteiger partial charge in [0.1, 0.15) is 0 Å². The molecule has 0 saturated heterocycles. The SMILES string of the molecule is CC(C)=CCCC(C)CC(=O)OCCCCOC(=O)C=C(C)CCCC(C)CCCC(C)CCCC(C)C. The normalized spacial score (nSPS) is 14.2. The van der Waals surface area contributed by atoms with E-state index in [9.17, 15) is 9.59 Å². The number of esters is 2. The van der Waals surface area contributed by atoms with E-state index in [1.807, 2.05) is 6.92 Å². The number of carbonyl (C=O) groups is 2. The topological polar surface area (TPSA) is 52.6 Å². The Morgan fingerprint density at radius 2 is 1.21 bits per heavy atom. The van der Waals surface area contributed by atoms with Crippen LogP contribution < -0.4 is 0 Å². The maximum Gasteiger partial charge on any atom is 0.330 e. The van der Waals surface area contributed by atoms with Crippen LogP contribution in [0.15, 0.2) is 23.3 Å². The molecule has 222 valence electrons. The van der Waals surface area contributed by atoms with Gasteiger partial charge in [-0.25, -0.2) is 4.79 Å². The van der Waals surface area contributed by atoms with E-state index in [2.05, 4.69) is 54.5 Å². The molecule has 0 rings (SSSR count). The minimum Gasteiger partial charge on any atom is -0.466 e. The zero-order valence-corrected chi connectivity index (χ0v) is 26.4. The van der Waals surface area contributed by atoms with Crippen LogP contribution in [0, 0.1) is 23.7 Å². The van der Waals surface area contributed by atoms with Gasteiger partial charge < -0.3 is 9.47 Å². The van der Waals surface area contributed by atoms with Crippen LogP contribution in [0.25, 0.3) is 0 Å². The maximum absolute atomic E-state index is 12.1. The smallest absolute Gasteiger partial charge is 0.330 e. The number of unbranched alkanes of at least 4 members (excludes halogenated alkanes) is 1. The van der Waals surface area contributed by atoms with Crippen LogP contribution in [0.2, 0.25) is 0 Å². The van der Waals surface area contributed by atoms with Gasteiger partial charge in [0.05, 0.1) is 13.2 Å². The summed E-state index contributed by atoms with van der Waals surface area (Å²) in [5.41, 5.74) is 2.41. The lowest BCUT2D eigenvalue weighted by atomic mass is 9.91. The van der Waals surface area contributed by atoms with Crippen LogP contribution in [-0.2, 0) is 19.1 Å². The maximum atomic E-state index is 12.1. The molecule has 0 spiro atoms. The zero-order valence-electron chi connectivity index (χ0n) is 26.4. The van der Waals surface area contributed by atoms with Crippen molar-refractivity contribution in [2.45, 2.75) is 145 Å². The highest BCUT2D eigenvalue weighted by Gasteiger charge is 2.10. The highest BCUT2D eigenvalue weighted by Crippen LogP contribution is 2.22. The Labute approximate surface area is 236 Å². The number of allylic oxidation sites excluding steroid dienone is 3. The third-order valence-corrected chi connectivity index (χ3v) is 7.28. The molecule has 3 atom stereocenters. The summed E-state index contributed by atoms with van der Waals surface area (Å²) in [5, 5.41) is 0. The van der Waals surface area contributed by atoms with Gasteiger partial charge in [-0.15, -0.1) is 0 Å². The van der Waals surface area contributed by atoms with Crippen molar-refractivity contribution in [3.05, 3.63) is 23.3 Å². The Kier molecular flexibility index (Phi) is 22.4. The molecule has 0 aliphatic carbocycles. The van der Waals surface area contributed by atoms with Gasteiger partial charge in [0.25, 0.3) is 0 Å². The summed E-state index contributed by atoms with van der Waals surface area (Å²) in [6, 6.07) is 0. The molecule has 0 aromatic heterocycles. The standard InChI is InChI=1S/C34H62O4/c1-27(2)15-11-17-29(5)18-13-19-30(6)20-14-22-32(8)26-34(36)38-24-10-9-23-37-33(35)25-31(7)21-12-16-28(3)4/h16,26-27,29-31H,9-15,17-25H2,1-8H3. The van der Waals surface area contributed by atoms with E-state index in [4.69, 9.17) is 9.47 Å². The van der Waals surface area contributed by atoms with Crippen molar-refractivity contribution in [3.8, 4) is 0 Å². The van der Waals surface area contributed by atoms with E-state index in [1.165, 1.54) is 50.5 Å². The largest absolute Gasteiger partial charge is 0.466 e. The molecule has 0 aliphatic heterocycles. The highest BCUT2D eigenvalue weighted by atomic mass is 16.5. The molecule has 0 N–H and O–H groups in total. The summed E-state index contributed by atoms with van der Waals surface area (Å²) in [6.45, 7) is 18.4. The average Bonchev–Trinajstić information content (AvgIpc) is 2.80. The third-order valence-electron chi connectivity index (χ3n) is 7.28. The van der Waals surface area contributed by atoms with Gasteiger partial charge in [0, 0.05) is 12.5 Å². The van der Waals surface area contributed by atoms with Crippen molar-refractivity contribution in [1.82, 2.24) is 0 Å². The fourth-order valence-electron chi connectivity index (χ4n) is 4.69. The number of hydrogen-bond acceptors (Lipinski definition) is 4. The summed E-state index contributed by atoms with van der Waals surface area (Å²) in [4.78, 5) is 24.0. The van der Waals surface area contributed by atoms with Crippen molar-refractivity contribution < 1.29 is 19.1 Å². The van der Waals surface area contributed by atoms with Crippen LogP contribution in [-0.4, -0.2) is 25.2 Å². The molecular formula is C34H62O4. The van der Waals surface area contributed by atoms with Crippen LogP contribution in [0.3, 0.4) is 0 Å². The van der Waals surface area contributed by atoms with Crippen molar-refractivity contribution in [2.24, 2.45) is 23.7 Å². The van der Waals surface area contributed by atoms with Gasteiger partial charge in [-0.3, -0.25) is 4.79 Å². The Hall–Kier alpha value is -1.58. The van der Waals surface area contributed by atoms with Gasteiger partial charge in [0.15, 0.2) is 0 Å². The lowest BCUT2D eigenvalue weighted by Gasteiger charge is -2.15. The average molecular weight is 535 g/mol. The van der Waals surface area contributed by atoms with Crippen molar-refractivity contribution in [3.63, 3.8) is 0 Å². The predicted molar refractivity (Wildman–Crippen MR) is 162 cm³/mol. The second-order valence-corrected chi connectivity index (χ2v) is 12.6. The zero-order chi connectivity index (χ0) is 28.8. The summed E-state index contributed by atoms with van der Waals surface area (Å²) >= 11 is 0. The molecular weight excluding hydrogens is 472 g/mol. The molecule has 0 radical (unpaired) electrons. The molecule has 4 heteroatoms. The Morgan fingerprint density at radius 1 is 0.658 bits per heavy atom. The minimum absolute atomic E-state index is 0.133. The van der Waals surface area contributed by atoms with Crippen molar-refractivity contribution in [2.75, 3.05) is 13.2 Å². The first-order chi connectivity index (χ1) is 18.0. The summed E-state index contributed by atoms with van der Waals surface area (Å²) in [5.74, 6) is 2.36. The Balaban J connectivity index is 3.80. The molecule has 0 amide bonds.